The highest BCUT2D eigenvalue weighted by atomic mass is 16.4. The van der Waals surface area contributed by atoms with Gasteiger partial charge < -0.3 is 10.0 Å². The molecule has 0 saturated carbocycles. The van der Waals surface area contributed by atoms with E-state index in [0.717, 1.165) is 12.8 Å². The maximum Gasteiger partial charge on any atom is 0.325 e. The third-order valence-corrected chi connectivity index (χ3v) is 4.21. The van der Waals surface area contributed by atoms with Gasteiger partial charge in [0.25, 0.3) is 0 Å². The van der Waals surface area contributed by atoms with Gasteiger partial charge in [-0.1, -0.05) is 25.1 Å². The normalized spacial score (nSPS) is 21.9. The smallest absolute Gasteiger partial charge is 0.325 e. The van der Waals surface area contributed by atoms with Crippen LogP contribution in [0.4, 0.5) is 10.5 Å². The van der Waals surface area contributed by atoms with Gasteiger partial charge in [0, 0.05) is 18.3 Å². The second kappa shape index (κ2) is 6.61. The van der Waals surface area contributed by atoms with Crippen molar-refractivity contribution in [3.63, 3.8) is 0 Å². The van der Waals surface area contributed by atoms with Gasteiger partial charge in [-0.25, -0.2) is 4.79 Å². The molecule has 1 heterocycles. The Morgan fingerprint density at radius 3 is 2.57 bits per heavy atom. The maximum absolute atomic E-state index is 12.8. The quantitative estimate of drug-likeness (QED) is 0.931. The molecule has 5 heteroatoms. The van der Waals surface area contributed by atoms with Crippen LogP contribution in [-0.4, -0.2) is 41.1 Å². The van der Waals surface area contributed by atoms with Gasteiger partial charge >= 0.3 is 12.0 Å². The number of hydrogen-bond acceptors (Lipinski definition) is 2. The lowest BCUT2D eigenvalue weighted by atomic mass is 9.92. The topological polar surface area (TPSA) is 60.9 Å². The number of hydrogen-bond donors (Lipinski definition) is 1. The molecule has 2 amide bonds. The summed E-state index contributed by atoms with van der Waals surface area (Å²) in [5.74, 6) is -0.574. The standard InChI is InChI=1S/C16H22N2O3/c1-12-7-6-10-17(13(12)2)16(21)18(11-15(19)20)14-8-4-3-5-9-14/h3-5,8-9,12-13H,6-7,10-11H2,1-2H3,(H,19,20). The average molecular weight is 290 g/mol. The highest BCUT2D eigenvalue weighted by Crippen LogP contribution is 2.25. The predicted molar refractivity (Wildman–Crippen MR) is 81.4 cm³/mol. The van der Waals surface area contributed by atoms with Crippen LogP contribution in [0.3, 0.4) is 0 Å². The van der Waals surface area contributed by atoms with Crippen molar-refractivity contribution in [2.24, 2.45) is 5.92 Å². The van der Waals surface area contributed by atoms with E-state index in [9.17, 15) is 9.59 Å². The van der Waals surface area contributed by atoms with E-state index in [1.54, 1.807) is 29.2 Å². The van der Waals surface area contributed by atoms with Gasteiger partial charge in [-0.2, -0.15) is 0 Å². The number of carboxylic acid groups (broad SMARTS) is 1. The number of carbonyl (C=O) groups excluding carboxylic acids is 1. The summed E-state index contributed by atoms with van der Waals surface area (Å²) in [4.78, 5) is 27.0. The molecule has 1 saturated heterocycles. The second-order valence-electron chi connectivity index (χ2n) is 5.65. The van der Waals surface area contributed by atoms with E-state index in [1.165, 1.54) is 4.90 Å². The van der Waals surface area contributed by atoms with Crippen molar-refractivity contribution >= 4 is 17.7 Å². The van der Waals surface area contributed by atoms with Crippen LogP contribution in [0.1, 0.15) is 26.7 Å². The van der Waals surface area contributed by atoms with E-state index in [1.807, 2.05) is 13.0 Å². The van der Waals surface area contributed by atoms with Crippen LogP contribution < -0.4 is 4.90 Å². The summed E-state index contributed by atoms with van der Waals surface area (Å²) in [5.41, 5.74) is 0.621. The molecule has 114 valence electrons. The van der Waals surface area contributed by atoms with Crippen LogP contribution in [0.5, 0.6) is 0 Å². The number of likely N-dealkylation sites (tertiary alicyclic amines) is 1. The van der Waals surface area contributed by atoms with Crippen molar-refractivity contribution in [3.05, 3.63) is 30.3 Å². The van der Waals surface area contributed by atoms with Crippen molar-refractivity contribution in [3.8, 4) is 0 Å². The van der Waals surface area contributed by atoms with Gasteiger partial charge in [0.05, 0.1) is 0 Å². The Hall–Kier alpha value is -2.04. The number of urea groups is 1. The molecule has 0 aliphatic carbocycles. The summed E-state index contributed by atoms with van der Waals surface area (Å²) in [6, 6.07) is 8.89. The lowest BCUT2D eigenvalue weighted by Gasteiger charge is -2.40. The fourth-order valence-electron chi connectivity index (χ4n) is 2.77. The van der Waals surface area contributed by atoms with Gasteiger partial charge in [0.1, 0.15) is 6.54 Å². The SMILES string of the molecule is CC1CCCN(C(=O)N(CC(=O)O)c2ccccc2)C1C. The lowest BCUT2D eigenvalue weighted by Crippen LogP contribution is -2.53. The fourth-order valence-corrected chi connectivity index (χ4v) is 2.77. The molecule has 2 atom stereocenters. The van der Waals surface area contributed by atoms with Crippen molar-refractivity contribution in [2.75, 3.05) is 18.0 Å². The largest absolute Gasteiger partial charge is 0.480 e. The molecule has 2 unspecified atom stereocenters. The van der Waals surface area contributed by atoms with Gasteiger partial charge in [-0.05, 0) is 37.8 Å². The average Bonchev–Trinajstić information content (AvgIpc) is 2.48. The Kier molecular flexibility index (Phi) is 4.83. The minimum absolute atomic E-state index is 0.131. The molecule has 0 aromatic heterocycles. The molecule has 5 nitrogen and oxygen atoms in total. The van der Waals surface area contributed by atoms with Gasteiger partial charge in [0.15, 0.2) is 0 Å². The Labute approximate surface area is 125 Å². The van der Waals surface area contributed by atoms with Crippen LogP contribution in [0, 0.1) is 5.92 Å². The monoisotopic (exact) mass is 290 g/mol. The van der Waals surface area contributed by atoms with E-state index in [0.29, 0.717) is 18.2 Å². The minimum atomic E-state index is -1.01. The Balaban J connectivity index is 2.24. The fraction of sp³-hybridized carbons (Fsp3) is 0.500. The Morgan fingerprint density at radius 1 is 1.29 bits per heavy atom. The number of carbonyl (C=O) groups is 2. The van der Waals surface area contributed by atoms with Crippen molar-refractivity contribution in [1.82, 2.24) is 4.90 Å². The third-order valence-electron chi connectivity index (χ3n) is 4.21. The molecule has 1 N–H and O–H groups in total. The molecule has 0 radical (unpaired) electrons. The summed E-state index contributed by atoms with van der Waals surface area (Å²) in [6.45, 7) is 4.54. The van der Waals surface area contributed by atoms with Crippen LogP contribution in [-0.2, 0) is 4.79 Å². The van der Waals surface area contributed by atoms with Gasteiger partial charge in [-0.15, -0.1) is 0 Å². The van der Waals surface area contributed by atoms with Gasteiger partial charge in [0.2, 0.25) is 0 Å². The summed E-state index contributed by atoms with van der Waals surface area (Å²) < 4.78 is 0. The molecule has 1 fully saturated rings. The molecule has 1 aliphatic rings. The summed E-state index contributed by atoms with van der Waals surface area (Å²) >= 11 is 0. The molecule has 2 rings (SSSR count). The zero-order valence-corrected chi connectivity index (χ0v) is 12.5. The van der Waals surface area contributed by atoms with E-state index in [2.05, 4.69) is 6.92 Å². The summed E-state index contributed by atoms with van der Waals surface area (Å²) in [7, 11) is 0. The first-order valence-corrected chi connectivity index (χ1v) is 7.35. The zero-order valence-electron chi connectivity index (χ0n) is 12.5. The second-order valence-corrected chi connectivity index (χ2v) is 5.65. The molecular weight excluding hydrogens is 268 g/mol. The molecule has 0 bridgehead atoms. The summed E-state index contributed by atoms with van der Waals surface area (Å²) in [5, 5.41) is 9.10. The first kappa shape index (κ1) is 15.4. The minimum Gasteiger partial charge on any atom is -0.480 e. The zero-order chi connectivity index (χ0) is 15.4. The number of nitrogens with zero attached hydrogens (tertiary/aromatic N) is 2. The Morgan fingerprint density at radius 2 is 1.95 bits per heavy atom. The van der Waals surface area contributed by atoms with E-state index in [4.69, 9.17) is 5.11 Å². The number of benzene rings is 1. The lowest BCUT2D eigenvalue weighted by molar-refractivity contribution is -0.135. The molecule has 1 aromatic rings. The number of piperidine rings is 1. The number of aliphatic carboxylic acids is 1. The van der Waals surface area contributed by atoms with Crippen LogP contribution in [0.25, 0.3) is 0 Å². The molecule has 1 aliphatic heterocycles. The van der Waals surface area contributed by atoms with Crippen LogP contribution in [0.15, 0.2) is 30.3 Å². The van der Waals surface area contributed by atoms with Crippen molar-refractivity contribution in [2.45, 2.75) is 32.7 Å². The molecule has 1 aromatic carbocycles. The van der Waals surface area contributed by atoms with Crippen molar-refractivity contribution < 1.29 is 14.7 Å². The van der Waals surface area contributed by atoms with E-state index >= 15 is 0 Å². The van der Waals surface area contributed by atoms with Crippen molar-refractivity contribution in [1.29, 1.82) is 0 Å². The number of rotatable bonds is 3. The first-order chi connectivity index (χ1) is 10.0. The molecule has 21 heavy (non-hydrogen) atoms. The van der Waals surface area contributed by atoms with Crippen LogP contribution >= 0.6 is 0 Å². The number of amides is 2. The molecule has 0 spiro atoms. The third kappa shape index (κ3) is 3.54. The highest BCUT2D eigenvalue weighted by Gasteiger charge is 2.32. The predicted octanol–water partition coefficient (Wildman–Crippen LogP) is 2.82. The highest BCUT2D eigenvalue weighted by molar-refractivity contribution is 5.96. The van der Waals surface area contributed by atoms with E-state index in [-0.39, 0.29) is 18.6 Å². The van der Waals surface area contributed by atoms with Gasteiger partial charge in [-0.3, -0.25) is 9.69 Å². The first-order valence-electron chi connectivity index (χ1n) is 7.35. The number of carboxylic acids is 1. The molecular formula is C16H22N2O3. The number of anilines is 1. The number of para-hydroxylation sites is 1. The maximum atomic E-state index is 12.8. The Bertz CT molecular complexity index is 504. The van der Waals surface area contributed by atoms with Crippen LogP contribution in [0.2, 0.25) is 0 Å². The summed E-state index contributed by atoms with van der Waals surface area (Å²) in [6.07, 6.45) is 2.07. The van der Waals surface area contributed by atoms with E-state index < -0.39 is 5.97 Å².